The van der Waals surface area contributed by atoms with Crippen LogP contribution >= 0.6 is 12.2 Å². The Morgan fingerprint density at radius 3 is 2.65 bits per heavy atom. The molecule has 43 heavy (non-hydrogen) atoms. The van der Waals surface area contributed by atoms with E-state index < -0.39 is 40.5 Å². The number of rotatable bonds is 6. The molecule has 6 rings (SSSR count). The van der Waals surface area contributed by atoms with Gasteiger partial charge in [0.1, 0.15) is 12.7 Å². The van der Waals surface area contributed by atoms with Gasteiger partial charge in [0, 0.05) is 43.1 Å². The van der Waals surface area contributed by atoms with E-state index in [0.717, 1.165) is 24.8 Å². The van der Waals surface area contributed by atoms with Gasteiger partial charge in [0.05, 0.1) is 29.5 Å². The van der Waals surface area contributed by atoms with Gasteiger partial charge in [-0.1, -0.05) is 6.92 Å². The van der Waals surface area contributed by atoms with Gasteiger partial charge in [-0.15, -0.1) is 0 Å². The van der Waals surface area contributed by atoms with Crippen molar-refractivity contribution >= 4 is 29.5 Å². The van der Waals surface area contributed by atoms with Crippen LogP contribution in [0.2, 0.25) is 0 Å². The van der Waals surface area contributed by atoms with Crippen LogP contribution in [0.25, 0.3) is 0 Å². The van der Waals surface area contributed by atoms with E-state index >= 15 is 0 Å². The minimum absolute atomic E-state index is 0.0182. The fourth-order valence-electron chi connectivity index (χ4n) is 10.2. The first-order valence-corrected chi connectivity index (χ1v) is 16.2. The minimum Gasteiger partial charge on any atom is -0.458 e. The molecule has 1 saturated heterocycles. The first-order valence-electron chi connectivity index (χ1n) is 15.8. The summed E-state index contributed by atoms with van der Waals surface area (Å²) in [5, 5.41) is 40.1. The molecule has 0 spiro atoms. The van der Waals surface area contributed by atoms with Crippen molar-refractivity contribution in [3.63, 3.8) is 0 Å². The summed E-state index contributed by atoms with van der Waals surface area (Å²) in [6.45, 7) is 4.29. The number of hydrogen-bond donors (Lipinski definition) is 5. The molecule has 4 saturated carbocycles. The number of esters is 1. The van der Waals surface area contributed by atoms with Crippen LogP contribution in [0.3, 0.4) is 0 Å². The zero-order valence-electron chi connectivity index (χ0n) is 25.4. The normalized spacial score (nSPS) is 49.5. The topological polar surface area (TPSA) is 165 Å². The number of hydrogen-bond acceptors (Lipinski definition) is 10. The average molecular weight is 622 g/mol. The molecular weight excluding hydrogens is 574 g/mol. The van der Waals surface area contributed by atoms with Gasteiger partial charge in [-0.3, -0.25) is 5.43 Å². The number of fused-ring (bicyclic) bond motifs is 5. The van der Waals surface area contributed by atoms with Crippen molar-refractivity contribution < 1.29 is 39.1 Å². The van der Waals surface area contributed by atoms with Crippen molar-refractivity contribution in [3.05, 3.63) is 11.6 Å². The summed E-state index contributed by atoms with van der Waals surface area (Å²) < 4.78 is 23.1. The van der Waals surface area contributed by atoms with Crippen LogP contribution in [0, 0.1) is 28.6 Å². The largest absolute Gasteiger partial charge is 0.458 e. The second-order valence-electron chi connectivity index (χ2n) is 14.1. The van der Waals surface area contributed by atoms with E-state index in [2.05, 4.69) is 17.5 Å². The summed E-state index contributed by atoms with van der Waals surface area (Å²) in [4.78, 5) is 11.9. The fraction of sp³-hybridized carbons (Fsp3) is 0.839. The van der Waals surface area contributed by atoms with Crippen molar-refractivity contribution in [1.82, 2.24) is 5.43 Å². The smallest absolute Gasteiger partial charge is 0.331 e. The lowest BCUT2D eigenvalue weighted by atomic mass is 9.41. The maximum atomic E-state index is 12.6. The highest BCUT2D eigenvalue weighted by atomic mass is 32.1. The summed E-state index contributed by atoms with van der Waals surface area (Å²) in [6, 6.07) is 0. The van der Waals surface area contributed by atoms with E-state index in [1.165, 1.54) is 0 Å². The average Bonchev–Trinajstić information content (AvgIpc) is 3.50. The Balaban J connectivity index is 1.27. The highest BCUT2D eigenvalue weighted by Gasteiger charge is 2.71. The predicted octanol–water partition coefficient (Wildman–Crippen LogP) is 2.05. The molecule has 6 N–H and O–H groups in total. The molecule has 12 atom stereocenters. The van der Waals surface area contributed by atoms with E-state index in [1.54, 1.807) is 13.2 Å². The van der Waals surface area contributed by atoms with Gasteiger partial charge in [-0.25, -0.2) is 4.79 Å². The standard InChI is InChI=1S/C31H47N3O8S/c1-17-26(36)23(39-3)13-25(41-17)42-19-4-9-29(16-33-34-27(32)43)21-5-8-28(2)20(18-12-24(35)40-15-18)7-11-31(28,38)22(21)6-10-30(29,37)14-19/h12,16-17,19-23,25-26,36-38H,4-11,13-15H2,1-3H3,(H3,32,34,43)/b33-16-/t17-,19-,20+,21+,22-,23-,25+,26+,28-,29+,30+,31+/m1/s1. The van der Waals surface area contributed by atoms with Crippen LogP contribution in [-0.4, -0.2) is 88.2 Å². The van der Waals surface area contributed by atoms with Gasteiger partial charge in [-0.2, -0.15) is 5.10 Å². The van der Waals surface area contributed by atoms with Crippen LogP contribution in [0.5, 0.6) is 0 Å². The molecular formula is C31H47N3O8S. The molecule has 0 amide bonds. The number of hydrazone groups is 1. The molecule has 2 aliphatic heterocycles. The molecule has 0 aromatic heterocycles. The number of ether oxygens (including phenoxy) is 4. The number of cyclic esters (lactones) is 1. The molecule has 0 aromatic rings. The zero-order valence-corrected chi connectivity index (χ0v) is 26.2. The number of nitrogens with zero attached hydrogens (tertiary/aromatic N) is 1. The highest BCUT2D eigenvalue weighted by molar-refractivity contribution is 7.80. The Morgan fingerprint density at radius 1 is 1.19 bits per heavy atom. The van der Waals surface area contributed by atoms with E-state index in [4.69, 9.17) is 36.9 Å². The Morgan fingerprint density at radius 2 is 1.95 bits per heavy atom. The lowest BCUT2D eigenvalue weighted by Crippen LogP contribution is -2.69. The van der Waals surface area contributed by atoms with E-state index in [9.17, 15) is 20.1 Å². The molecule has 5 fully saturated rings. The molecule has 2 heterocycles. The molecule has 0 radical (unpaired) electrons. The van der Waals surface area contributed by atoms with Crippen molar-refractivity contribution in [1.29, 1.82) is 0 Å². The van der Waals surface area contributed by atoms with Crippen LogP contribution < -0.4 is 11.2 Å². The summed E-state index contributed by atoms with van der Waals surface area (Å²) in [5.41, 5.74) is 6.21. The number of aliphatic hydroxyl groups is 3. The number of carbonyl (C=O) groups excluding carboxylic acids is 1. The van der Waals surface area contributed by atoms with Crippen molar-refractivity contribution in [2.45, 2.75) is 120 Å². The molecule has 0 unspecified atom stereocenters. The Labute approximate surface area is 258 Å². The second-order valence-corrected chi connectivity index (χ2v) is 14.6. The molecule has 0 aromatic carbocycles. The third kappa shape index (κ3) is 4.96. The number of nitrogens with two attached hydrogens (primary N) is 1. The van der Waals surface area contributed by atoms with Crippen LogP contribution in [0.15, 0.2) is 16.8 Å². The van der Waals surface area contributed by atoms with Crippen LogP contribution in [-0.2, 0) is 23.7 Å². The molecule has 6 aliphatic rings. The number of methoxy groups -OCH3 is 1. The van der Waals surface area contributed by atoms with E-state index in [-0.39, 0.29) is 41.0 Å². The lowest BCUT2D eigenvalue weighted by Gasteiger charge is -2.66. The highest BCUT2D eigenvalue weighted by Crippen LogP contribution is 2.70. The zero-order chi connectivity index (χ0) is 30.8. The predicted molar refractivity (Wildman–Crippen MR) is 161 cm³/mol. The van der Waals surface area contributed by atoms with Gasteiger partial charge in [0.15, 0.2) is 11.4 Å². The van der Waals surface area contributed by atoms with Crippen molar-refractivity contribution in [3.8, 4) is 0 Å². The first-order chi connectivity index (χ1) is 20.4. The summed E-state index contributed by atoms with van der Waals surface area (Å²) >= 11 is 5.01. The van der Waals surface area contributed by atoms with Crippen LogP contribution in [0.4, 0.5) is 0 Å². The SMILES string of the molecule is CO[C@@H]1C[C@H](O[C@@H]2CC[C@]3(/C=N\NC(N)=S)[C@H]4CC[C@]5(C)[C@H](C6=CC(=O)OC6)CC[C@]5(O)[C@@H]4CC[C@]3(O)C2)O[C@H](C)[C@@H]1O. The molecule has 12 heteroatoms. The summed E-state index contributed by atoms with van der Waals surface area (Å²) in [6.07, 6.45) is 7.39. The van der Waals surface area contributed by atoms with Crippen LogP contribution in [0.1, 0.15) is 78.1 Å². The summed E-state index contributed by atoms with van der Waals surface area (Å²) in [7, 11) is 1.58. The summed E-state index contributed by atoms with van der Waals surface area (Å²) in [5.74, 6) is -0.277. The van der Waals surface area contributed by atoms with Gasteiger partial charge >= 0.3 is 5.97 Å². The monoisotopic (exact) mass is 621 g/mol. The van der Waals surface area contributed by atoms with E-state index in [0.29, 0.717) is 51.6 Å². The Hall–Kier alpha value is -1.67. The van der Waals surface area contributed by atoms with Gasteiger partial charge in [0.25, 0.3) is 0 Å². The van der Waals surface area contributed by atoms with Crippen molar-refractivity contribution in [2.24, 2.45) is 39.4 Å². The Bertz CT molecular complexity index is 1190. The fourth-order valence-corrected chi connectivity index (χ4v) is 10.3. The number of nitrogens with one attached hydrogen (secondary N) is 1. The quantitative estimate of drug-likeness (QED) is 0.0969. The van der Waals surface area contributed by atoms with Gasteiger partial charge in [0.2, 0.25) is 0 Å². The Kier molecular flexibility index (Phi) is 8.22. The maximum Gasteiger partial charge on any atom is 0.331 e. The van der Waals surface area contributed by atoms with Crippen molar-refractivity contribution in [2.75, 3.05) is 13.7 Å². The minimum atomic E-state index is -1.13. The third-order valence-electron chi connectivity index (χ3n) is 12.4. The van der Waals surface area contributed by atoms with Gasteiger partial charge < -0.3 is 40.0 Å². The van der Waals surface area contributed by atoms with E-state index in [1.807, 2.05) is 13.1 Å². The second kappa shape index (κ2) is 11.3. The third-order valence-corrected chi connectivity index (χ3v) is 12.5. The lowest BCUT2D eigenvalue weighted by molar-refractivity contribution is -0.284. The number of aliphatic hydroxyl groups excluding tert-OH is 1. The van der Waals surface area contributed by atoms with Gasteiger partial charge in [-0.05, 0) is 93.8 Å². The number of thiocarbonyl (C=S) groups is 1. The maximum absolute atomic E-state index is 12.6. The molecule has 0 bridgehead atoms. The molecule has 4 aliphatic carbocycles. The molecule has 240 valence electrons. The first kappa shape index (κ1) is 31.3. The number of carbonyl (C=O) groups is 1. The molecule has 11 nitrogen and oxygen atoms in total.